The van der Waals surface area contributed by atoms with Gasteiger partial charge in [0, 0.05) is 18.7 Å². The molecular formula is C20H26F3N3O. The molecule has 7 heteroatoms. The topological polar surface area (TPSA) is 46.9 Å². The monoisotopic (exact) mass is 381 g/mol. The number of nitrogens with one attached hydrogen (secondary N) is 1. The predicted molar refractivity (Wildman–Crippen MR) is 98.1 cm³/mol. The number of hydrogen-bond donors (Lipinski definition) is 1. The summed E-state index contributed by atoms with van der Waals surface area (Å²) in [5.41, 5.74) is 1.62. The van der Waals surface area contributed by atoms with Gasteiger partial charge in [0.1, 0.15) is 0 Å². The van der Waals surface area contributed by atoms with E-state index in [4.69, 9.17) is 0 Å². The van der Waals surface area contributed by atoms with E-state index in [0.29, 0.717) is 18.5 Å². The number of aromatic nitrogens is 2. The molecule has 0 aliphatic heterocycles. The number of hydrogen-bond acceptors (Lipinski definition) is 2. The molecule has 0 bridgehead atoms. The van der Waals surface area contributed by atoms with Crippen molar-refractivity contribution in [3.8, 4) is 0 Å². The molecule has 1 N–H and O–H groups in total. The van der Waals surface area contributed by atoms with Crippen LogP contribution in [-0.4, -0.2) is 15.7 Å². The Morgan fingerprint density at radius 3 is 2.48 bits per heavy atom. The highest BCUT2D eigenvalue weighted by molar-refractivity contribution is 5.76. The first-order valence-electron chi connectivity index (χ1n) is 9.04. The van der Waals surface area contributed by atoms with E-state index in [-0.39, 0.29) is 18.2 Å². The lowest BCUT2D eigenvalue weighted by molar-refractivity contribution is -0.137. The molecule has 1 atom stereocenters. The van der Waals surface area contributed by atoms with E-state index >= 15 is 0 Å². The fourth-order valence-corrected chi connectivity index (χ4v) is 3.06. The minimum atomic E-state index is -4.40. The van der Waals surface area contributed by atoms with Crippen molar-refractivity contribution in [1.82, 2.24) is 15.1 Å². The second-order valence-corrected chi connectivity index (χ2v) is 7.27. The molecule has 148 valence electrons. The summed E-state index contributed by atoms with van der Waals surface area (Å²) in [4.78, 5) is 12.4. The molecule has 0 aliphatic rings. The zero-order valence-electron chi connectivity index (χ0n) is 16.1. The average molecular weight is 381 g/mol. The highest BCUT2D eigenvalue weighted by Gasteiger charge is 2.31. The molecule has 0 fully saturated rings. The molecule has 1 amide bonds. The fourth-order valence-electron chi connectivity index (χ4n) is 3.06. The molecule has 0 spiro atoms. The zero-order valence-corrected chi connectivity index (χ0v) is 16.1. The number of nitrogens with zero attached hydrogens (tertiary/aromatic N) is 2. The third-order valence-corrected chi connectivity index (χ3v) is 4.31. The lowest BCUT2D eigenvalue weighted by atomic mass is 9.95. The van der Waals surface area contributed by atoms with Gasteiger partial charge in [-0.2, -0.15) is 18.3 Å². The van der Waals surface area contributed by atoms with Crippen molar-refractivity contribution in [3.05, 3.63) is 52.8 Å². The van der Waals surface area contributed by atoms with E-state index in [0.717, 1.165) is 23.5 Å². The number of halogens is 3. The van der Waals surface area contributed by atoms with Gasteiger partial charge in [0.2, 0.25) is 5.91 Å². The molecular weight excluding hydrogens is 355 g/mol. The summed E-state index contributed by atoms with van der Waals surface area (Å²) in [6, 6.07) is 6.65. The van der Waals surface area contributed by atoms with Crippen LogP contribution < -0.4 is 5.32 Å². The van der Waals surface area contributed by atoms with E-state index in [1.807, 2.05) is 33.8 Å². The van der Waals surface area contributed by atoms with Gasteiger partial charge in [-0.1, -0.05) is 26.0 Å². The van der Waals surface area contributed by atoms with Gasteiger partial charge in [-0.05, 0) is 49.9 Å². The zero-order chi connectivity index (χ0) is 20.2. The third kappa shape index (κ3) is 6.12. The Morgan fingerprint density at radius 1 is 1.22 bits per heavy atom. The standard InChI is InChI=1S/C20H26F3N3O/c1-13(2)10-18(16-6-5-7-17(12-16)20(21,22)23)24-19(27)8-9-26-15(4)11-14(3)25-26/h5-7,11-13,18H,8-10H2,1-4H3,(H,24,27). The molecule has 0 radical (unpaired) electrons. The van der Waals surface area contributed by atoms with Crippen LogP contribution in [0.5, 0.6) is 0 Å². The van der Waals surface area contributed by atoms with Crippen molar-refractivity contribution in [1.29, 1.82) is 0 Å². The van der Waals surface area contributed by atoms with Gasteiger partial charge in [0.15, 0.2) is 0 Å². The second kappa shape index (κ2) is 8.59. The highest BCUT2D eigenvalue weighted by Crippen LogP contribution is 2.32. The summed E-state index contributed by atoms with van der Waals surface area (Å²) in [5.74, 6) is 0.0199. The van der Waals surface area contributed by atoms with Gasteiger partial charge in [-0.3, -0.25) is 9.48 Å². The third-order valence-electron chi connectivity index (χ3n) is 4.31. The minimum absolute atomic E-state index is 0.203. The Labute approximate surface area is 157 Å². The number of amides is 1. The number of aryl methyl sites for hydroxylation is 3. The van der Waals surface area contributed by atoms with Gasteiger partial charge >= 0.3 is 6.18 Å². The molecule has 0 saturated heterocycles. The summed E-state index contributed by atoms with van der Waals surface area (Å²) >= 11 is 0. The first-order chi connectivity index (χ1) is 12.6. The smallest absolute Gasteiger partial charge is 0.349 e. The Kier molecular flexibility index (Phi) is 6.68. The van der Waals surface area contributed by atoms with E-state index in [9.17, 15) is 18.0 Å². The molecule has 1 aromatic carbocycles. The molecule has 0 saturated carbocycles. The van der Waals surface area contributed by atoms with Crippen molar-refractivity contribution >= 4 is 5.91 Å². The maximum atomic E-state index is 13.0. The van der Waals surface area contributed by atoms with Crippen LogP contribution in [0.2, 0.25) is 0 Å². The second-order valence-electron chi connectivity index (χ2n) is 7.27. The Morgan fingerprint density at radius 2 is 1.93 bits per heavy atom. The number of carbonyl (C=O) groups is 1. The van der Waals surface area contributed by atoms with Crippen molar-refractivity contribution in [2.24, 2.45) is 5.92 Å². The van der Waals surface area contributed by atoms with Gasteiger partial charge in [-0.15, -0.1) is 0 Å². The maximum Gasteiger partial charge on any atom is 0.416 e. The average Bonchev–Trinajstić information content (AvgIpc) is 2.89. The van der Waals surface area contributed by atoms with Gasteiger partial charge in [-0.25, -0.2) is 0 Å². The molecule has 1 unspecified atom stereocenters. The van der Waals surface area contributed by atoms with Gasteiger partial charge in [0.05, 0.1) is 17.3 Å². The number of carbonyl (C=O) groups excluding carboxylic acids is 1. The molecule has 1 aromatic heterocycles. The molecule has 4 nitrogen and oxygen atoms in total. The van der Waals surface area contributed by atoms with Gasteiger partial charge < -0.3 is 5.32 Å². The number of alkyl halides is 3. The summed E-state index contributed by atoms with van der Waals surface area (Å²) in [5, 5.41) is 7.21. The highest BCUT2D eigenvalue weighted by atomic mass is 19.4. The minimum Gasteiger partial charge on any atom is -0.349 e. The maximum absolute atomic E-state index is 13.0. The summed E-state index contributed by atoms with van der Waals surface area (Å²) in [6.07, 6.45) is -3.62. The summed E-state index contributed by atoms with van der Waals surface area (Å²) < 4.78 is 40.8. The Bertz CT molecular complexity index is 781. The molecule has 27 heavy (non-hydrogen) atoms. The van der Waals surface area contributed by atoms with Crippen LogP contribution in [0.15, 0.2) is 30.3 Å². The first-order valence-corrected chi connectivity index (χ1v) is 9.04. The van der Waals surface area contributed by atoms with Gasteiger partial charge in [0.25, 0.3) is 0 Å². The number of rotatable bonds is 7. The van der Waals surface area contributed by atoms with Crippen LogP contribution in [-0.2, 0) is 17.5 Å². The Balaban J connectivity index is 2.10. The molecule has 1 heterocycles. The van der Waals surface area contributed by atoms with E-state index in [1.54, 1.807) is 10.7 Å². The summed E-state index contributed by atoms with van der Waals surface area (Å²) in [7, 11) is 0. The van der Waals surface area contributed by atoms with Crippen molar-refractivity contribution in [3.63, 3.8) is 0 Å². The lowest BCUT2D eigenvalue weighted by Crippen LogP contribution is -2.30. The molecule has 2 rings (SSSR count). The first kappa shape index (κ1) is 21.0. The normalized spacial score (nSPS) is 13.0. The van der Waals surface area contributed by atoms with E-state index in [2.05, 4.69) is 10.4 Å². The quantitative estimate of drug-likeness (QED) is 0.748. The van der Waals surface area contributed by atoms with Crippen LogP contribution in [0.4, 0.5) is 13.2 Å². The van der Waals surface area contributed by atoms with Crippen LogP contribution in [0, 0.1) is 19.8 Å². The largest absolute Gasteiger partial charge is 0.416 e. The van der Waals surface area contributed by atoms with Crippen LogP contribution >= 0.6 is 0 Å². The lowest BCUT2D eigenvalue weighted by Gasteiger charge is -2.22. The van der Waals surface area contributed by atoms with Crippen molar-refractivity contribution in [2.45, 2.75) is 59.3 Å². The Hall–Kier alpha value is -2.31. The van der Waals surface area contributed by atoms with Crippen LogP contribution in [0.25, 0.3) is 0 Å². The SMILES string of the molecule is Cc1cc(C)n(CCC(=O)NC(CC(C)C)c2cccc(C(F)(F)F)c2)n1. The predicted octanol–water partition coefficient (Wildman–Crippen LogP) is 4.81. The molecule has 0 aliphatic carbocycles. The van der Waals surface area contributed by atoms with E-state index < -0.39 is 17.8 Å². The summed E-state index contributed by atoms with van der Waals surface area (Å²) in [6.45, 7) is 8.19. The van der Waals surface area contributed by atoms with Crippen LogP contribution in [0.3, 0.4) is 0 Å². The van der Waals surface area contributed by atoms with Crippen molar-refractivity contribution < 1.29 is 18.0 Å². The number of benzene rings is 1. The fraction of sp³-hybridized carbons (Fsp3) is 0.500. The van der Waals surface area contributed by atoms with E-state index in [1.165, 1.54) is 6.07 Å². The van der Waals surface area contributed by atoms with Crippen molar-refractivity contribution in [2.75, 3.05) is 0 Å². The van der Waals surface area contributed by atoms with Crippen LogP contribution in [0.1, 0.15) is 55.2 Å². The molecule has 2 aromatic rings.